The SMILES string of the molecule is COc1ccc(C=NNC(=O)COc2ccc(C(C)C)cc2)cc1O. The second kappa shape index (κ2) is 8.73. The molecule has 25 heavy (non-hydrogen) atoms. The summed E-state index contributed by atoms with van der Waals surface area (Å²) in [5, 5.41) is 13.5. The molecule has 0 unspecified atom stereocenters. The number of methoxy groups -OCH3 is 1. The van der Waals surface area contributed by atoms with Crippen LogP contribution < -0.4 is 14.9 Å². The first-order chi connectivity index (χ1) is 12.0. The van der Waals surface area contributed by atoms with E-state index in [-0.39, 0.29) is 18.3 Å². The molecule has 0 aromatic heterocycles. The van der Waals surface area contributed by atoms with Crippen molar-refractivity contribution in [2.75, 3.05) is 13.7 Å². The summed E-state index contributed by atoms with van der Waals surface area (Å²) >= 11 is 0. The number of carbonyl (C=O) groups is 1. The Balaban J connectivity index is 1.81. The monoisotopic (exact) mass is 342 g/mol. The number of nitrogens with one attached hydrogen (secondary N) is 1. The van der Waals surface area contributed by atoms with E-state index in [9.17, 15) is 9.90 Å². The zero-order valence-corrected chi connectivity index (χ0v) is 14.5. The van der Waals surface area contributed by atoms with Crippen molar-refractivity contribution >= 4 is 12.1 Å². The van der Waals surface area contributed by atoms with Crippen molar-refractivity contribution in [1.29, 1.82) is 0 Å². The number of amides is 1. The largest absolute Gasteiger partial charge is 0.504 e. The second-order valence-electron chi connectivity index (χ2n) is 5.74. The van der Waals surface area contributed by atoms with Gasteiger partial charge in [-0.1, -0.05) is 26.0 Å². The molecule has 6 heteroatoms. The number of phenolic OH excluding ortho intramolecular Hbond substituents is 1. The molecule has 0 aliphatic heterocycles. The van der Waals surface area contributed by atoms with E-state index in [1.807, 2.05) is 24.3 Å². The Labute approximate surface area is 147 Å². The van der Waals surface area contributed by atoms with Crippen molar-refractivity contribution in [3.8, 4) is 17.2 Å². The van der Waals surface area contributed by atoms with Gasteiger partial charge in [-0.2, -0.15) is 5.10 Å². The molecule has 0 heterocycles. The normalized spacial score (nSPS) is 10.9. The summed E-state index contributed by atoms with van der Waals surface area (Å²) in [5.74, 6) is 1.08. The van der Waals surface area contributed by atoms with Gasteiger partial charge in [0.15, 0.2) is 18.1 Å². The Kier molecular flexibility index (Phi) is 6.39. The van der Waals surface area contributed by atoms with E-state index in [0.717, 1.165) is 0 Å². The number of carbonyl (C=O) groups excluding carboxylic acids is 1. The molecule has 0 saturated carbocycles. The van der Waals surface area contributed by atoms with Crippen molar-refractivity contribution in [1.82, 2.24) is 5.43 Å². The van der Waals surface area contributed by atoms with Crippen molar-refractivity contribution in [2.45, 2.75) is 19.8 Å². The summed E-state index contributed by atoms with van der Waals surface area (Å²) in [6.45, 7) is 4.10. The topological polar surface area (TPSA) is 80.2 Å². The van der Waals surface area contributed by atoms with Gasteiger partial charge in [0.05, 0.1) is 13.3 Å². The lowest BCUT2D eigenvalue weighted by molar-refractivity contribution is -0.123. The van der Waals surface area contributed by atoms with Crippen LogP contribution in [0.15, 0.2) is 47.6 Å². The molecule has 0 spiro atoms. The minimum Gasteiger partial charge on any atom is -0.504 e. The fourth-order valence-corrected chi connectivity index (χ4v) is 2.10. The third-order valence-electron chi connectivity index (χ3n) is 3.52. The van der Waals surface area contributed by atoms with Gasteiger partial charge in [0.2, 0.25) is 0 Å². The van der Waals surface area contributed by atoms with Crippen LogP contribution in [0.2, 0.25) is 0 Å². The number of hydrazone groups is 1. The predicted molar refractivity (Wildman–Crippen MR) is 96.4 cm³/mol. The maximum absolute atomic E-state index is 11.7. The van der Waals surface area contributed by atoms with Gasteiger partial charge in [-0.3, -0.25) is 4.79 Å². The van der Waals surface area contributed by atoms with Crippen LogP contribution in [0, 0.1) is 0 Å². The fraction of sp³-hybridized carbons (Fsp3) is 0.263. The summed E-state index contributed by atoms with van der Waals surface area (Å²) in [4.78, 5) is 11.7. The van der Waals surface area contributed by atoms with Crippen LogP contribution in [0.1, 0.15) is 30.9 Å². The third kappa shape index (κ3) is 5.53. The van der Waals surface area contributed by atoms with Gasteiger partial charge < -0.3 is 14.6 Å². The van der Waals surface area contributed by atoms with Crippen LogP contribution in [0.25, 0.3) is 0 Å². The molecule has 132 valence electrons. The Morgan fingerprint density at radius 3 is 2.56 bits per heavy atom. The maximum atomic E-state index is 11.7. The number of benzene rings is 2. The lowest BCUT2D eigenvalue weighted by Crippen LogP contribution is -2.24. The lowest BCUT2D eigenvalue weighted by atomic mass is 10.0. The maximum Gasteiger partial charge on any atom is 0.277 e. The van der Waals surface area contributed by atoms with E-state index < -0.39 is 0 Å². The van der Waals surface area contributed by atoms with Crippen molar-refractivity contribution in [3.05, 3.63) is 53.6 Å². The zero-order chi connectivity index (χ0) is 18.2. The molecule has 1 amide bonds. The minimum absolute atomic E-state index is 0.00551. The van der Waals surface area contributed by atoms with E-state index >= 15 is 0 Å². The number of hydrogen-bond acceptors (Lipinski definition) is 5. The summed E-state index contributed by atoms with van der Waals surface area (Å²) in [7, 11) is 1.47. The summed E-state index contributed by atoms with van der Waals surface area (Å²) in [6, 6.07) is 12.4. The van der Waals surface area contributed by atoms with E-state index in [1.165, 1.54) is 25.0 Å². The Morgan fingerprint density at radius 1 is 1.24 bits per heavy atom. The second-order valence-corrected chi connectivity index (χ2v) is 5.74. The molecule has 0 saturated heterocycles. The van der Waals surface area contributed by atoms with E-state index in [0.29, 0.717) is 23.0 Å². The van der Waals surface area contributed by atoms with Crippen LogP contribution in [-0.4, -0.2) is 30.9 Å². The first-order valence-corrected chi connectivity index (χ1v) is 7.91. The third-order valence-corrected chi connectivity index (χ3v) is 3.52. The summed E-state index contributed by atoms with van der Waals surface area (Å²) in [6.07, 6.45) is 1.43. The van der Waals surface area contributed by atoms with Crippen LogP contribution in [-0.2, 0) is 4.79 Å². The van der Waals surface area contributed by atoms with Crippen molar-refractivity contribution in [2.24, 2.45) is 5.10 Å². The zero-order valence-electron chi connectivity index (χ0n) is 14.5. The smallest absolute Gasteiger partial charge is 0.277 e. The van der Waals surface area contributed by atoms with Crippen LogP contribution in [0.4, 0.5) is 0 Å². The molecule has 2 rings (SSSR count). The number of ether oxygens (including phenoxy) is 2. The highest BCUT2D eigenvalue weighted by atomic mass is 16.5. The van der Waals surface area contributed by atoms with E-state index in [2.05, 4.69) is 24.4 Å². The van der Waals surface area contributed by atoms with Gasteiger partial charge in [0.25, 0.3) is 5.91 Å². The van der Waals surface area contributed by atoms with Crippen molar-refractivity contribution < 1.29 is 19.4 Å². The van der Waals surface area contributed by atoms with Gasteiger partial charge in [-0.05, 0) is 47.4 Å². The standard InChI is InChI=1S/C19H22N2O4/c1-13(2)15-5-7-16(8-6-15)25-12-19(23)21-20-11-14-4-9-18(24-3)17(22)10-14/h4-11,13,22H,12H2,1-3H3,(H,21,23). The molecule has 2 aromatic carbocycles. The van der Waals surface area contributed by atoms with Crippen molar-refractivity contribution in [3.63, 3.8) is 0 Å². The molecular weight excluding hydrogens is 320 g/mol. The first-order valence-electron chi connectivity index (χ1n) is 7.91. The Morgan fingerprint density at radius 2 is 1.96 bits per heavy atom. The van der Waals surface area contributed by atoms with Crippen LogP contribution >= 0.6 is 0 Å². The number of phenols is 1. The molecule has 6 nitrogen and oxygen atoms in total. The van der Waals surface area contributed by atoms with Gasteiger partial charge in [0, 0.05) is 0 Å². The average molecular weight is 342 g/mol. The van der Waals surface area contributed by atoms with Gasteiger partial charge in [-0.25, -0.2) is 5.43 Å². The molecule has 0 aliphatic carbocycles. The number of rotatable bonds is 7. The van der Waals surface area contributed by atoms with E-state index in [1.54, 1.807) is 12.1 Å². The molecule has 0 aliphatic rings. The highest BCUT2D eigenvalue weighted by Gasteiger charge is 2.04. The summed E-state index contributed by atoms with van der Waals surface area (Å²) in [5.41, 5.74) is 4.21. The Bertz CT molecular complexity index is 740. The fourth-order valence-electron chi connectivity index (χ4n) is 2.10. The van der Waals surface area contributed by atoms with Gasteiger partial charge in [0.1, 0.15) is 5.75 Å². The highest BCUT2D eigenvalue weighted by Crippen LogP contribution is 2.25. The molecule has 0 fully saturated rings. The average Bonchev–Trinajstić information content (AvgIpc) is 2.60. The molecular formula is C19H22N2O4. The predicted octanol–water partition coefficient (Wildman–Crippen LogP) is 3.05. The molecule has 0 radical (unpaired) electrons. The molecule has 2 N–H and O–H groups in total. The highest BCUT2D eigenvalue weighted by molar-refractivity contribution is 5.83. The van der Waals surface area contributed by atoms with Crippen LogP contribution in [0.5, 0.6) is 17.2 Å². The van der Waals surface area contributed by atoms with E-state index in [4.69, 9.17) is 9.47 Å². The van der Waals surface area contributed by atoms with Gasteiger partial charge in [-0.15, -0.1) is 0 Å². The number of aromatic hydroxyl groups is 1. The first kappa shape index (κ1) is 18.3. The number of hydrogen-bond donors (Lipinski definition) is 2. The number of nitrogens with zero attached hydrogens (tertiary/aromatic N) is 1. The van der Waals surface area contributed by atoms with Gasteiger partial charge >= 0.3 is 0 Å². The molecule has 2 aromatic rings. The quantitative estimate of drug-likeness (QED) is 0.599. The minimum atomic E-state index is -0.373. The van der Waals surface area contributed by atoms with Crippen LogP contribution in [0.3, 0.4) is 0 Å². The molecule has 0 bridgehead atoms. The lowest BCUT2D eigenvalue weighted by Gasteiger charge is -2.08. The summed E-state index contributed by atoms with van der Waals surface area (Å²) < 4.78 is 10.4. The Hall–Kier alpha value is -3.02. The molecule has 0 atom stereocenters.